The Balaban J connectivity index is 2.25. The average Bonchev–Trinajstić information content (AvgIpc) is 2.56. The minimum Gasteiger partial charge on any atom is -0.472 e. The van der Waals surface area contributed by atoms with Gasteiger partial charge in [0.05, 0.1) is 12.5 Å². The van der Waals surface area contributed by atoms with Crippen molar-refractivity contribution < 1.29 is 4.42 Å². The maximum atomic E-state index is 5.00. The molecule has 0 radical (unpaired) electrons. The van der Waals surface area contributed by atoms with Crippen LogP contribution in [0.15, 0.2) is 23.0 Å². The molecule has 1 heterocycles. The maximum Gasteiger partial charge on any atom is 0.0950 e. The van der Waals surface area contributed by atoms with E-state index in [0.717, 1.165) is 12.3 Å². The van der Waals surface area contributed by atoms with E-state index in [-0.39, 0.29) is 0 Å². The van der Waals surface area contributed by atoms with E-state index in [1.165, 1.54) is 5.56 Å². The van der Waals surface area contributed by atoms with E-state index >= 15 is 0 Å². The monoisotopic (exact) mass is 185 g/mol. The molecular formula is C9H15NOS. The first-order valence-corrected chi connectivity index (χ1v) is 5.48. The molecule has 1 N–H and O–H groups in total. The number of nitrogens with one attached hydrogen (secondary N) is 1. The quantitative estimate of drug-likeness (QED) is 0.712. The fourth-order valence-electron chi connectivity index (χ4n) is 1.02. The van der Waals surface area contributed by atoms with Gasteiger partial charge in [0, 0.05) is 23.9 Å². The van der Waals surface area contributed by atoms with Crippen LogP contribution in [0.3, 0.4) is 0 Å². The second kappa shape index (κ2) is 5.27. The lowest BCUT2D eigenvalue weighted by molar-refractivity contribution is 0.546. The molecule has 1 atom stereocenters. The van der Waals surface area contributed by atoms with Crippen molar-refractivity contribution >= 4 is 11.8 Å². The second-order valence-electron chi connectivity index (χ2n) is 2.73. The van der Waals surface area contributed by atoms with Crippen molar-refractivity contribution in [2.45, 2.75) is 13.0 Å². The van der Waals surface area contributed by atoms with Crippen LogP contribution in [-0.4, -0.2) is 18.6 Å². The van der Waals surface area contributed by atoms with Crippen LogP contribution in [0.25, 0.3) is 0 Å². The molecule has 0 fully saturated rings. The smallest absolute Gasteiger partial charge is 0.0950 e. The minimum absolute atomic E-state index is 0.399. The summed E-state index contributed by atoms with van der Waals surface area (Å²) in [5, 5.41) is 3.41. The Labute approximate surface area is 77.7 Å². The fraction of sp³-hybridized carbons (Fsp3) is 0.556. The van der Waals surface area contributed by atoms with E-state index in [0.29, 0.717) is 6.04 Å². The number of furan rings is 1. The topological polar surface area (TPSA) is 25.2 Å². The average molecular weight is 185 g/mol. The van der Waals surface area contributed by atoms with Crippen molar-refractivity contribution in [2.24, 2.45) is 0 Å². The summed E-state index contributed by atoms with van der Waals surface area (Å²) in [6.07, 6.45) is 5.61. The van der Waals surface area contributed by atoms with Crippen LogP contribution < -0.4 is 5.32 Å². The molecule has 68 valence electrons. The van der Waals surface area contributed by atoms with Gasteiger partial charge in [0.25, 0.3) is 0 Å². The first-order valence-electron chi connectivity index (χ1n) is 4.09. The van der Waals surface area contributed by atoms with Crippen molar-refractivity contribution in [3.05, 3.63) is 24.2 Å². The lowest BCUT2D eigenvalue weighted by Crippen LogP contribution is -2.20. The summed E-state index contributed by atoms with van der Waals surface area (Å²) in [7, 11) is 0. The Morgan fingerprint density at radius 2 is 2.50 bits per heavy atom. The Hall–Kier alpha value is -0.410. The number of hydrogen-bond donors (Lipinski definition) is 1. The van der Waals surface area contributed by atoms with E-state index < -0.39 is 0 Å². The van der Waals surface area contributed by atoms with Crippen molar-refractivity contribution in [3.8, 4) is 0 Å². The Kier molecular flexibility index (Phi) is 4.25. The molecule has 12 heavy (non-hydrogen) atoms. The summed E-state index contributed by atoms with van der Waals surface area (Å²) in [6.45, 7) is 3.19. The van der Waals surface area contributed by atoms with Crippen molar-refractivity contribution in [2.75, 3.05) is 18.6 Å². The van der Waals surface area contributed by atoms with E-state index in [4.69, 9.17) is 4.42 Å². The SMILES string of the molecule is CSCCNC(C)c1ccoc1. The zero-order valence-corrected chi connectivity index (χ0v) is 8.36. The van der Waals surface area contributed by atoms with Gasteiger partial charge in [-0.3, -0.25) is 0 Å². The van der Waals surface area contributed by atoms with Gasteiger partial charge in [-0.25, -0.2) is 0 Å². The molecule has 0 amide bonds. The maximum absolute atomic E-state index is 5.00. The van der Waals surface area contributed by atoms with Crippen LogP contribution in [0.1, 0.15) is 18.5 Å². The van der Waals surface area contributed by atoms with Gasteiger partial charge in [-0.05, 0) is 19.2 Å². The number of rotatable bonds is 5. The zero-order valence-electron chi connectivity index (χ0n) is 7.54. The minimum atomic E-state index is 0.399. The molecule has 1 aromatic heterocycles. The summed E-state index contributed by atoms with van der Waals surface area (Å²) in [5.41, 5.74) is 1.22. The molecule has 0 aromatic carbocycles. The van der Waals surface area contributed by atoms with Gasteiger partial charge in [-0.15, -0.1) is 0 Å². The van der Waals surface area contributed by atoms with E-state index in [2.05, 4.69) is 18.5 Å². The highest BCUT2D eigenvalue weighted by molar-refractivity contribution is 7.98. The third kappa shape index (κ3) is 2.91. The van der Waals surface area contributed by atoms with Crippen LogP contribution in [0.2, 0.25) is 0 Å². The molecule has 1 unspecified atom stereocenters. The largest absolute Gasteiger partial charge is 0.472 e. The third-order valence-electron chi connectivity index (χ3n) is 1.80. The van der Waals surface area contributed by atoms with E-state index in [9.17, 15) is 0 Å². The molecule has 0 spiro atoms. The highest BCUT2D eigenvalue weighted by atomic mass is 32.2. The fourth-order valence-corrected chi connectivity index (χ4v) is 1.34. The van der Waals surface area contributed by atoms with Crippen molar-refractivity contribution in [3.63, 3.8) is 0 Å². The first kappa shape index (κ1) is 9.68. The highest BCUT2D eigenvalue weighted by Gasteiger charge is 2.03. The van der Waals surface area contributed by atoms with Crippen LogP contribution in [0.4, 0.5) is 0 Å². The molecule has 0 saturated carbocycles. The zero-order chi connectivity index (χ0) is 8.81. The van der Waals surface area contributed by atoms with Gasteiger partial charge in [-0.2, -0.15) is 11.8 Å². The van der Waals surface area contributed by atoms with Crippen molar-refractivity contribution in [1.29, 1.82) is 0 Å². The molecule has 0 aliphatic heterocycles. The second-order valence-corrected chi connectivity index (χ2v) is 3.71. The summed E-state index contributed by atoms with van der Waals surface area (Å²) >= 11 is 1.85. The van der Waals surface area contributed by atoms with Gasteiger partial charge in [0.1, 0.15) is 0 Å². The Bertz CT molecular complexity index is 198. The summed E-state index contributed by atoms with van der Waals surface area (Å²) in [4.78, 5) is 0. The summed E-state index contributed by atoms with van der Waals surface area (Å²) in [6, 6.07) is 2.40. The standard InChI is InChI=1S/C9H15NOS/c1-8(10-4-6-12-2)9-3-5-11-7-9/h3,5,7-8,10H,4,6H2,1-2H3. The number of hydrogen-bond acceptors (Lipinski definition) is 3. The Morgan fingerprint density at radius 1 is 1.67 bits per heavy atom. The number of thioether (sulfide) groups is 1. The van der Waals surface area contributed by atoms with Gasteiger partial charge in [-0.1, -0.05) is 0 Å². The van der Waals surface area contributed by atoms with Crippen LogP contribution >= 0.6 is 11.8 Å². The molecule has 1 rings (SSSR count). The van der Waals surface area contributed by atoms with Crippen LogP contribution in [0, 0.1) is 0 Å². The molecule has 0 saturated heterocycles. The van der Waals surface area contributed by atoms with E-state index in [1.807, 2.05) is 17.8 Å². The lowest BCUT2D eigenvalue weighted by Gasteiger charge is -2.10. The molecule has 2 nitrogen and oxygen atoms in total. The predicted octanol–water partition coefficient (Wildman–Crippen LogP) is 2.29. The molecule has 3 heteroatoms. The third-order valence-corrected chi connectivity index (χ3v) is 2.41. The molecular weight excluding hydrogens is 170 g/mol. The molecule has 0 aliphatic rings. The summed E-state index contributed by atoms with van der Waals surface area (Å²) < 4.78 is 5.00. The van der Waals surface area contributed by atoms with Gasteiger partial charge >= 0.3 is 0 Å². The summed E-state index contributed by atoms with van der Waals surface area (Å²) in [5.74, 6) is 1.15. The molecule has 0 bridgehead atoms. The first-order chi connectivity index (χ1) is 5.84. The van der Waals surface area contributed by atoms with Gasteiger partial charge in [0.2, 0.25) is 0 Å². The molecule has 0 aliphatic carbocycles. The molecule has 1 aromatic rings. The van der Waals surface area contributed by atoms with Gasteiger partial charge in [0.15, 0.2) is 0 Å². The van der Waals surface area contributed by atoms with Crippen molar-refractivity contribution in [1.82, 2.24) is 5.32 Å². The lowest BCUT2D eigenvalue weighted by atomic mass is 10.2. The van der Waals surface area contributed by atoms with E-state index in [1.54, 1.807) is 12.5 Å². The Morgan fingerprint density at radius 3 is 3.08 bits per heavy atom. The van der Waals surface area contributed by atoms with Gasteiger partial charge < -0.3 is 9.73 Å². The normalized spacial score (nSPS) is 13.2. The predicted molar refractivity (Wildman–Crippen MR) is 53.5 cm³/mol. The highest BCUT2D eigenvalue weighted by Crippen LogP contribution is 2.11. The van der Waals surface area contributed by atoms with Crippen LogP contribution in [0.5, 0.6) is 0 Å². The van der Waals surface area contributed by atoms with Crippen LogP contribution in [-0.2, 0) is 0 Å².